The number of hydrogen-bond donors (Lipinski definition) is 0. The highest BCUT2D eigenvalue weighted by atomic mass is 16.5. The Kier molecular flexibility index (Phi) is 3.48. The number of methoxy groups -OCH3 is 1. The Hall–Kier alpha value is -2.62. The molecule has 0 atom stereocenters. The summed E-state index contributed by atoms with van der Waals surface area (Å²) in [4.78, 5) is 12.7. The van der Waals surface area contributed by atoms with Crippen molar-refractivity contribution >= 4 is 17.2 Å². The molecular weight excluding hydrogens is 290 g/mol. The largest absolute Gasteiger partial charge is 0.618 e. The maximum atomic E-state index is 12.7. The van der Waals surface area contributed by atoms with Gasteiger partial charge in [0, 0.05) is 6.07 Å². The molecule has 0 aromatic heterocycles. The number of carbonyl (C=O) groups excluding carboxylic acids is 1. The number of carbonyl (C=O) groups is 1. The third-order valence-electron chi connectivity index (χ3n) is 4.11. The molecule has 0 bridgehead atoms. The molecule has 0 saturated carbocycles. The Morgan fingerprint density at radius 2 is 1.70 bits per heavy atom. The highest BCUT2D eigenvalue weighted by molar-refractivity contribution is 6.52. The minimum atomic E-state index is -0.230. The van der Waals surface area contributed by atoms with Crippen LogP contribution in [0.3, 0.4) is 0 Å². The Morgan fingerprint density at radius 3 is 2.26 bits per heavy atom. The first kappa shape index (κ1) is 15.3. The van der Waals surface area contributed by atoms with Crippen LogP contribution < -0.4 is 4.74 Å². The van der Waals surface area contributed by atoms with E-state index in [1.165, 1.54) is 0 Å². The van der Waals surface area contributed by atoms with Gasteiger partial charge in [0.1, 0.15) is 11.3 Å². The van der Waals surface area contributed by atoms with Crippen molar-refractivity contribution in [2.75, 3.05) is 7.11 Å². The number of ether oxygens (including phenoxy) is 1. The molecule has 0 amide bonds. The van der Waals surface area contributed by atoms with E-state index in [1.54, 1.807) is 37.4 Å². The van der Waals surface area contributed by atoms with E-state index in [1.807, 2.05) is 12.1 Å². The smallest absolute Gasteiger partial charge is 0.272 e. The van der Waals surface area contributed by atoms with E-state index in [9.17, 15) is 10.0 Å². The molecule has 0 aliphatic carbocycles. The molecule has 2 aromatic carbocycles. The van der Waals surface area contributed by atoms with Crippen molar-refractivity contribution in [1.29, 1.82) is 0 Å². The molecular formula is C19H19NO3. The summed E-state index contributed by atoms with van der Waals surface area (Å²) in [6, 6.07) is 12.4. The van der Waals surface area contributed by atoms with Crippen molar-refractivity contribution in [3.05, 3.63) is 64.4 Å². The third kappa shape index (κ3) is 2.50. The van der Waals surface area contributed by atoms with Gasteiger partial charge in [-0.05, 0) is 41.3 Å². The summed E-state index contributed by atoms with van der Waals surface area (Å²) in [5.41, 5.74) is 2.60. The molecule has 23 heavy (non-hydrogen) atoms. The first-order valence-electron chi connectivity index (χ1n) is 7.51. The second-order valence-corrected chi connectivity index (χ2v) is 6.68. The Bertz CT molecular complexity index is 811. The van der Waals surface area contributed by atoms with Crippen LogP contribution in [0, 0.1) is 5.21 Å². The molecule has 4 heteroatoms. The van der Waals surface area contributed by atoms with Gasteiger partial charge in [0.15, 0.2) is 0 Å². The van der Waals surface area contributed by atoms with Crippen LogP contribution in [0.1, 0.15) is 42.3 Å². The average molecular weight is 309 g/mol. The molecule has 1 aliphatic rings. The number of benzene rings is 2. The normalized spacial score (nSPS) is 14.2. The predicted molar refractivity (Wildman–Crippen MR) is 89.9 cm³/mol. The van der Waals surface area contributed by atoms with Crippen molar-refractivity contribution in [2.24, 2.45) is 0 Å². The lowest BCUT2D eigenvalue weighted by atomic mass is 9.85. The fraction of sp³-hybridized carbons (Fsp3) is 0.263. The zero-order chi connectivity index (χ0) is 16.8. The molecule has 1 heterocycles. The Morgan fingerprint density at radius 1 is 1.04 bits per heavy atom. The molecule has 0 radical (unpaired) electrons. The minimum absolute atomic E-state index is 0.0775. The van der Waals surface area contributed by atoms with Gasteiger partial charge in [-0.15, -0.1) is 0 Å². The maximum Gasteiger partial charge on any atom is 0.272 e. The van der Waals surface area contributed by atoms with E-state index in [0.29, 0.717) is 22.6 Å². The van der Waals surface area contributed by atoms with Crippen molar-refractivity contribution in [3.8, 4) is 5.75 Å². The highest BCUT2D eigenvalue weighted by Crippen LogP contribution is 2.33. The maximum absolute atomic E-state index is 12.7. The SMILES string of the molecule is COc1ccc(C2=[N+]([O-])c3ccc(C(C)(C)C)cc3C2=O)cc1. The third-order valence-corrected chi connectivity index (χ3v) is 4.11. The van der Waals surface area contributed by atoms with Gasteiger partial charge in [-0.3, -0.25) is 4.79 Å². The number of fused-ring (bicyclic) bond motifs is 1. The van der Waals surface area contributed by atoms with E-state index in [4.69, 9.17) is 4.74 Å². The quantitative estimate of drug-likeness (QED) is 0.626. The standard InChI is InChI=1S/C19H19NO3/c1-19(2,3)13-7-10-16-15(11-13)18(21)17(20(16)22)12-5-8-14(23-4)9-6-12/h5-11H,1-4H3. The van der Waals surface area contributed by atoms with E-state index >= 15 is 0 Å². The number of hydrogen-bond acceptors (Lipinski definition) is 3. The predicted octanol–water partition coefficient (Wildman–Crippen LogP) is 3.82. The number of rotatable bonds is 2. The Labute approximate surface area is 135 Å². The lowest BCUT2D eigenvalue weighted by molar-refractivity contribution is -0.355. The van der Waals surface area contributed by atoms with Crippen LogP contribution in [-0.2, 0) is 5.41 Å². The zero-order valence-electron chi connectivity index (χ0n) is 13.7. The first-order valence-corrected chi connectivity index (χ1v) is 7.51. The average Bonchev–Trinajstić information content (AvgIpc) is 2.78. The van der Waals surface area contributed by atoms with Crippen LogP contribution in [0.4, 0.5) is 5.69 Å². The molecule has 0 spiro atoms. The zero-order valence-corrected chi connectivity index (χ0v) is 13.7. The molecule has 0 N–H and O–H groups in total. The fourth-order valence-corrected chi connectivity index (χ4v) is 2.70. The van der Waals surface area contributed by atoms with Gasteiger partial charge in [-0.25, -0.2) is 0 Å². The molecule has 1 aliphatic heterocycles. The van der Waals surface area contributed by atoms with Crippen molar-refractivity contribution in [2.45, 2.75) is 26.2 Å². The van der Waals surface area contributed by atoms with Gasteiger partial charge < -0.3 is 9.94 Å². The molecule has 4 nitrogen and oxygen atoms in total. The summed E-state index contributed by atoms with van der Waals surface area (Å²) in [7, 11) is 1.58. The first-order chi connectivity index (χ1) is 10.8. The summed E-state index contributed by atoms with van der Waals surface area (Å²) in [6.45, 7) is 6.24. The van der Waals surface area contributed by atoms with Gasteiger partial charge >= 0.3 is 0 Å². The van der Waals surface area contributed by atoms with Crippen LogP contribution >= 0.6 is 0 Å². The van der Waals surface area contributed by atoms with Gasteiger partial charge in [0.2, 0.25) is 5.69 Å². The Balaban J connectivity index is 2.07. The topological polar surface area (TPSA) is 52.4 Å². The number of ketones is 1. The van der Waals surface area contributed by atoms with Crippen LogP contribution in [0.25, 0.3) is 0 Å². The van der Waals surface area contributed by atoms with Crippen LogP contribution in [0.2, 0.25) is 0 Å². The highest BCUT2D eigenvalue weighted by Gasteiger charge is 2.37. The number of Topliss-reactive ketones (excluding diaryl/α,β-unsaturated/α-hetero) is 1. The molecule has 118 valence electrons. The van der Waals surface area contributed by atoms with Gasteiger partial charge in [-0.1, -0.05) is 26.8 Å². The second kappa shape index (κ2) is 5.23. The second-order valence-electron chi connectivity index (χ2n) is 6.68. The molecule has 2 aromatic rings. The van der Waals surface area contributed by atoms with Crippen molar-refractivity contribution < 1.29 is 14.3 Å². The lowest BCUT2D eigenvalue weighted by Crippen LogP contribution is -2.17. The summed E-state index contributed by atoms with van der Waals surface area (Å²) in [5.74, 6) is 0.455. The van der Waals surface area contributed by atoms with Crippen LogP contribution in [0.5, 0.6) is 5.75 Å². The van der Waals surface area contributed by atoms with Crippen molar-refractivity contribution in [3.63, 3.8) is 0 Å². The summed E-state index contributed by atoms with van der Waals surface area (Å²) in [5, 5.41) is 12.6. The molecule has 0 unspecified atom stereocenters. The molecule has 0 fully saturated rings. The van der Waals surface area contributed by atoms with Crippen LogP contribution in [0.15, 0.2) is 42.5 Å². The monoisotopic (exact) mass is 309 g/mol. The molecule has 3 rings (SSSR count). The van der Waals surface area contributed by atoms with Crippen LogP contribution in [-0.4, -0.2) is 23.3 Å². The summed E-state index contributed by atoms with van der Waals surface area (Å²) < 4.78 is 5.84. The minimum Gasteiger partial charge on any atom is -0.618 e. The molecule has 0 saturated heterocycles. The van der Waals surface area contributed by atoms with Gasteiger partial charge in [0.05, 0.1) is 12.7 Å². The summed E-state index contributed by atoms with van der Waals surface area (Å²) >= 11 is 0. The van der Waals surface area contributed by atoms with Gasteiger partial charge in [0.25, 0.3) is 11.5 Å². The lowest BCUT2D eigenvalue weighted by Gasteiger charge is -2.19. The van der Waals surface area contributed by atoms with Gasteiger partial charge in [-0.2, -0.15) is 4.74 Å². The summed E-state index contributed by atoms with van der Waals surface area (Å²) in [6.07, 6.45) is 0. The van der Waals surface area contributed by atoms with E-state index in [-0.39, 0.29) is 16.9 Å². The number of nitrogens with zero attached hydrogens (tertiary/aromatic N) is 1. The van der Waals surface area contributed by atoms with E-state index in [0.717, 1.165) is 10.3 Å². The van der Waals surface area contributed by atoms with Crippen molar-refractivity contribution in [1.82, 2.24) is 0 Å². The van der Waals surface area contributed by atoms with E-state index < -0.39 is 0 Å². The van der Waals surface area contributed by atoms with E-state index in [2.05, 4.69) is 20.8 Å². The fourth-order valence-electron chi connectivity index (χ4n) is 2.70.